The van der Waals surface area contributed by atoms with Crippen molar-refractivity contribution in [1.82, 2.24) is 29.7 Å². The standard InChI is InChI=1S/C36H41F3N8OS/c1-23-24(16-46-10-6-25(7-11-46)43-32-29-13-27(14-36(37,38)39)49-33(29)42-22-41-32)4-5-30-28(23)12-26(15-40)47(30)21-34-18-35(19-34,20-34)44-31(48)17-45-8-2-3-9-45/h4-5,12-13,22,25H,2-3,6-11,14,16-21H2,1H3,(H,44,48)(H,41,42,43). The van der Waals surface area contributed by atoms with E-state index in [4.69, 9.17) is 0 Å². The Kier molecular flexibility index (Phi) is 8.12. The van der Waals surface area contributed by atoms with Crippen molar-refractivity contribution in [3.05, 3.63) is 52.3 Å². The Morgan fingerprint density at radius 1 is 1.06 bits per heavy atom. The summed E-state index contributed by atoms with van der Waals surface area (Å²) < 4.78 is 41.1. The molecule has 5 fully saturated rings. The number of carbonyl (C=O) groups excluding carboxylic acids is 1. The van der Waals surface area contributed by atoms with Crippen molar-refractivity contribution in [2.45, 2.75) is 89.1 Å². The van der Waals surface area contributed by atoms with Gasteiger partial charge in [-0.25, -0.2) is 9.97 Å². The molecule has 49 heavy (non-hydrogen) atoms. The van der Waals surface area contributed by atoms with E-state index in [1.54, 1.807) is 6.07 Å². The van der Waals surface area contributed by atoms with Crippen molar-refractivity contribution in [3.8, 4) is 6.07 Å². The maximum absolute atomic E-state index is 13.0. The van der Waals surface area contributed by atoms with Gasteiger partial charge in [0, 0.05) is 53.5 Å². The van der Waals surface area contributed by atoms with Gasteiger partial charge in [0.05, 0.1) is 18.4 Å². The predicted molar refractivity (Wildman–Crippen MR) is 183 cm³/mol. The molecule has 9 rings (SSSR count). The normalized spacial score (nSPS) is 24.6. The monoisotopic (exact) mass is 690 g/mol. The van der Waals surface area contributed by atoms with Crippen LogP contribution in [0.25, 0.3) is 21.1 Å². The predicted octanol–water partition coefficient (Wildman–Crippen LogP) is 6.14. The molecule has 5 aliphatic rings. The van der Waals surface area contributed by atoms with Crippen LogP contribution in [0.2, 0.25) is 0 Å². The summed E-state index contributed by atoms with van der Waals surface area (Å²) in [6, 6.07) is 10.6. The maximum atomic E-state index is 13.0. The molecule has 2 bridgehead atoms. The summed E-state index contributed by atoms with van der Waals surface area (Å²) in [5.74, 6) is 0.749. The smallest absolute Gasteiger partial charge is 0.367 e. The van der Waals surface area contributed by atoms with Crippen LogP contribution in [0.1, 0.15) is 66.6 Å². The highest BCUT2D eigenvalue weighted by Crippen LogP contribution is 2.68. The first-order valence-electron chi connectivity index (χ1n) is 17.3. The van der Waals surface area contributed by atoms with Gasteiger partial charge in [-0.2, -0.15) is 18.4 Å². The molecule has 2 aliphatic heterocycles. The number of hydrogen-bond acceptors (Lipinski definition) is 8. The zero-order valence-electron chi connectivity index (χ0n) is 27.7. The fourth-order valence-electron chi connectivity index (χ4n) is 9.04. The second-order valence-corrected chi connectivity index (χ2v) is 16.1. The van der Waals surface area contributed by atoms with Crippen LogP contribution in [0.3, 0.4) is 0 Å². The highest BCUT2D eigenvalue weighted by Gasteiger charge is 2.68. The largest absolute Gasteiger partial charge is 0.393 e. The first kappa shape index (κ1) is 32.5. The molecule has 3 aromatic heterocycles. The molecular formula is C36H41F3N8OS. The highest BCUT2D eigenvalue weighted by atomic mass is 32.1. The molecule has 1 aromatic carbocycles. The molecule has 1 amide bonds. The Hall–Kier alpha value is -3.73. The van der Waals surface area contributed by atoms with Gasteiger partial charge in [-0.1, -0.05) is 6.07 Å². The Balaban J connectivity index is 0.879. The summed E-state index contributed by atoms with van der Waals surface area (Å²) >= 11 is 1.07. The lowest BCUT2D eigenvalue weighted by molar-refractivity contribution is -0.172. The average molecular weight is 691 g/mol. The van der Waals surface area contributed by atoms with Crippen LogP contribution in [0.15, 0.2) is 30.6 Å². The molecule has 0 atom stereocenters. The number of likely N-dealkylation sites (tertiary alicyclic amines) is 2. The number of carbonyl (C=O) groups is 1. The van der Waals surface area contributed by atoms with Gasteiger partial charge in [0.25, 0.3) is 0 Å². The van der Waals surface area contributed by atoms with Crippen molar-refractivity contribution in [2.75, 3.05) is 38.0 Å². The van der Waals surface area contributed by atoms with E-state index >= 15 is 0 Å². The zero-order chi connectivity index (χ0) is 34.0. The number of hydrogen-bond donors (Lipinski definition) is 2. The van der Waals surface area contributed by atoms with E-state index in [1.165, 1.54) is 30.3 Å². The van der Waals surface area contributed by atoms with E-state index in [-0.39, 0.29) is 27.8 Å². The van der Waals surface area contributed by atoms with E-state index in [1.807, 2.05) is 6.07 Å². The van der Waals surface area contributed by atoms with Crippen LogP contribution in [0.4, 0.5) is 19.0 Å². The van der Waals surface area contributed by atoms with E-state index in [2.05, 4.69) is 60.1 Å². The van der Waals surface area contributed by atoms with Crippen molar-refractivity contribution in [3.63, 3.8) is 0 Å². The quantitative estimate of drug-likeness (QED) is 0.206. The fourth-order valence-corrected chi connectivity index (χ4v) is 10.1. The molecular weight excluding hydrogens is 650 g/mol. The molecule has 13 heteroatoms. The molecule has 3 aliphatic carbocycles. The number of alkyl halides is 3. The number of nitrogens with one attached hydrogen (secondary N) is 2. The highest BCUT2D eigenvalue weighted by molar-refractivity contribution is 7.18. The van der Waals surface area contributed by atoms with Crippen LogP contribution in [-0.4, -0.2) is 80.7 Å². The minimum Gasteiger partial charge on any atom is -0.367 e. The number of thiophene rings is 1. The number of amides is 1. The summed E-state index contributed by atoms with van der Waals surface area (Å²) in [5.41, 5.74) is 4.33. The third-order valence-corrected chi connectivity index (χ3v) is 12.3. The third kappa shape index (κ3) is 6.39. The van der Waals surface area contributed by atoms with E-state index < -0.39 is 12.6 Å². The molecule has 4 aromatic rings. The number of aryl methyl sites for hydroxylation is 1. The van der Waals surface area contributed by atoms with E-state index in [0.717, 1.165) is 93.6 Å². The van der Waals surface area contributed by atoms with Gasteiger partial charge < -0.3 is 15.2 Å². The van der Waals surface area contributed by atoms with Crippen LogP contribution in [0.5, 0.6) is 0 Å². The number of rotatable bonds is 10. The number of piperidine rings is 1. The minimum absolute atomic E-state index is 0.0519. The number of nitrogens with zero attached hydrogens (tertiary/aromatic N) is 6. The Bertz CT molecular complexity index is 1930. The summed E-state index contributed by atoms with van der Waals surface area (Å²) in [7, 11) is 0. The first-order valence-corrected chi connectivity index (χ1v) is 18.2. The number of aromatic nitrogens is 3. The average Bonchev–Trinajstić information content (AvgIpc) is 3.76. The van der Waals surface area contributed by atoms with Gasteiger partial charge in [0.2, 0.25) is 5.91 Å². The number of benzene rings is 1. The van der Waals surface area contributed by atoms with Crippen LogP contribution in [0, 0.1) is 23.7 Å². The Labute approximate surface area is 287 Å². The molecule has 0 unspecified atom stereocenters. The van der Waals surface area contributed by atoms with E-state index in [9.17, 15) is 23.2 Å². The van der Waals surface area contributed by atoms with Gasteiger partial charge in [0.15, 0.2) is 0 Å². The molecule has 0 spiro atoms. The maximum Gasteiger partial charge on any atom is 0.393 e. The molecule has 5 heterocycles. The third-order valence-electron chi connectivity index (χ3n) is 11.3. The van der Waals surface area contributed by atoms with Gasteiger partial charge in [-0.15, -0.1) is 11.3 Å². The Morgan fingerprint density at radius 3 is 2.53 bits per heavy atom. The van der Waals surface area contributed by atoms with Crippen molar-refractivity contribution in [2.24, 2.45) is 5.41 Å². The molecule has 258 valence electrons. The van der Waals surface area contributed by atoms with Crippen LogP contribution >= 0.6 is 11.3 Å². The first-order chi connectivity index (χ1) is 23.5. The summed E-state index contributed by atoms with van der Waals surface area (Å²) in [6.07, 6.45) is 3.28. The van der Waals surface area contributed by atoms with Crippen molar-refractivity contribution < 1.29 is 18.0 Å². The number of halogens is 3. The van der Waals surface area contributed by atoms with Gasteiger partial charge in [-0.3, -0.25) is 14.6 Å². The van der Waals surface area contributed by atoms with Crippen LogP contribution < -0.4 is 10.6 Å². The molecule has 0 radical (unpaired) electrons. The second-order valence-electron chi connectivity index (χ2n) is 15.0. The summed E-state index contributed by atoms with van der Waals surface area (Å²) in [6.45, 7) is 8.08. The van der Waals surface area contributed by atoms with Crippen molar-refractivity contribution >= 4 is 44.2 Å². The summed E-state index contributed by atoms with van der Waals surface area (Å²) in [5, 5.41) is 18.7. The lowest BCUT2D eigenvalue weighted by atomic mass is 9.39. The zero-order valence-corrected chi connectivity index (χ0v) is 28.5. The SMILES string of the molecule is Cc1c(CN2CCC(Nc3ncnc4sc(CC(F)(F)F)cc34)CC2)ccc2c1cc(C#N)n2CC12CC(NC(=O)CN3CCCC3)(C1)C2. The van der Waals surface area contributed by atoms with Gasteiger partial charge in [-0.05, 0) is 99.7 Å². The second kappa shape index (κ2) is 12.2. The molecule has 2 saturated heterocycles. The van der Waals surface area contributed by atoms with Gasteiger partial charge in [0.1, 0.15) is 28.7 Å². The van der Waals surface area contributed by atoms with Gasteiger partial charge >= 0.3 is 6.18 Å². The molecule has 2 N–H and O–H groups in total. The fraction of sp³-hybridized carbons (Fsp3) is 0.556. The number of fused-ring (bicyclic) bond motifs is 2. The lowest BCUT2D eigenvalue weighted by Crippen LogP contribution is -2.76. The minimum atomic E-state index is -4.26. The number of anilines is 1. The number of nitriles is 1. The lowest BCUT2D eigenvalue weighted by Gasteiger charge is -2.71. The molecule has 9 nitrogen and oxygen atoms in total. The summed E-state index contributed by atoms with van der Waals surface area (Å²) in [4.78, 5) is 26.7. The topological polar surface area (TPSA) is 102 Å². The van der Waals surface area contributed by atoms with E-state index in [0.29, 0.717) is 28.3 Å². The van der Waals surface area contributed by atoms with Crippen LogP contribution in [-0.2, 0) is 24.3 Å². The Morgan fingerprint density at radius 2 is 1.82 bits per heavy atom. The van der Waals surface area contributed by atoms with Crippen molar-refractivity contribution in [1.29, 1.82) is 5.26 Å². The molecule has 3 saturated carbocycles.